The molecule has 0 aromatic carbocycles. The molecule has 1 fully saturated rings. The summed E-state index contributed by atoms with van der Waals surface area (Å²) in [6.07, 6.45) is 0.915. The molecule has 0 radical (unpaired) electrons. The Morgan fingerprint density at radius 2 is 1.38 bits per heavy atom. The number of aliphatic carboxylic acids is 2. The van der Waals surface area contributed by atoms with Crippen molar-refractivity contribution in [2.24, 2.45) is 17.3 Å². The second-order valence-electron chi connectivity index (χ2n) is 4.46. The zero-order chi connectivity index (χ0) is 10.2. The third-order valence-corrected chi connectivity index (χ3v) is 2.67. The average Bonchev–Trinajstić information content (AvgIpc) is 2.26. The second-order valence-corrected chi connectivity index (χ2v) is 4.46. The molecule has 1 rings (SSSR count). The molecule has 1 aliphatic carbocycles. The molecular formula is C9H14O4. The predicted molar refractivity (Wildman–Crippen MR) is 45.3 cm³/mol. The highest BCUT2D eigenvalue weighted by molar-refractivity contribution is 5.80. The highest BCUT2D eigenvalue weighted by Gasteiger charge is 2.46. The van der Waals surface area contributed by atoms with Gasteiger partial charge < -0.3 is 10.2 Å². The highest BCUT2D eigenvalue weighted by atomic mass is 16.4. The summed E-state index contributed by atoms with van der Waals surface area (Å²) in [6, 6.07) is 0. The van der Waals surface area contributed by atoms with Crippen molar-refractivity contribution in [1.29, 1.82) is 0 Å². The van der Waals surface area contributed by atoms with Crippen molar-refractivity contribution in [1.82, 2.24) is 0 Å². The molecule has 0 aromatic heterocycles. The van der Waals surface area contributed by atoms with Crippen LogP contribution in [0.1, 0.15) is 26.7 Å². The zero-order valence-corrected chi connectivity index (χ0v) is 7.78. The van der Waals surface area contributed by atoms with Gasteiger partial charge in [0, 0.05) is 0 Å². The van der Waals surface area contributed by atoms with Gasteiger partial charge in [0.2, 0.25) is 0 Å². The Labute approximate surface area is 76.6 Å². The highest BCUT2D eigenvalue weighted by Crippen LogP contribution is 2.45. The van der Waals surface area contributed by atoms with Gasteiger partial charge in [0.25, 0.3) is 0 Å². The maximum Gasteiger partial charge on any atom is 0.307 e. The fraction of sp³-hybridized carbons (Fsp3) is 0.778. The van der Waals surface area contributed by atoms with E-state index in [2.05, 4.69) is 0 Å². The van der Waals surface area contributed by atoms with Gasteiger partial charge in [-0.15, -0.1) is 0 Å². The Morgan fingerprint density at radius 3 is 1.62 bits per heavy atom. The van der Waals surface area contributed by atoms with Gasteiger partial charge in [-0.1, -0.05) is 13.8 Å². The van der Waals surface area contributed by atoms with E-state index in [-0.39, 0.29) is 5.41 Å². The molecule has 0 aliphatic heterocycles. The first-order valence-electron chi connectivity index (χ1n) is 4.29. The smallest absolute Gasteiger partial charge is 0.307 e. The van der Waals surface area contributed by atoms with E-state index >= 15 is 0 Å². The Morgan fingerprint density at radius 1 is 1.08 bits per heavy atom. The molecule has 1 aliphatic rings. The summed E-state index contributed by atoms with van der Waals surface area (Å²) in [7, 11) is 0. The van der Waals surface area contributed by atoms with Crippen LogP contribution in [-0.2, 0) is 9.59 Å². The summed E-state index contributed by atoms with van der Waals surface area (Å²) < 4.78 is 0. The van der Waals surface area contributed by atoms with E-state index in [0.717, 1.165) is 0 Å². The van der Waals surface area contributed by atoms with Crippen LogP contribution >= 0.6 is 0 Å². The molecule has 0 saturated heterocycles. The lowest BCUT2D eigenvalue weighted by Crippen LogP contribution is -2.24. The normalized spacial score (nSPS) is 31.5. The molecule has 4 nitrogen and oxygen atoms in total. The fourth-order valence-corrected chi connectivity index (χ4v) is 2.08. The first-order valence-corrected chi connectivity index (χ1v) is 4.29. The van der Waals surface area contributed by atoms with E-state index in [4.69, 9.17) is 10.2 Å². The molecule has 4 heteroatoms. The molecule has 0 unspecified atom stereocenters. The minimum Gasteiger partial charge on any atom is -0.481 e. The SMILES string of the molecule is CC1(C)C[C@H](C(=O)O)[C@H](C(=O)O)C1. The van der Waals surface area contributed by atoms with Crippen molar-refractivity contribution in [3.8, 4) is 0 Å². The summed E-state index contributed by atoms with van der Waals surface area (Å²) in [5, 5.41) is 17.6. The number of hydrogen-bond acceptors (Lipinski definition) is 2. The van der Waals surface area contributed by atoms with Crippen molar-refractivity contribution >= 4 is 11.9 Å². The molecule has 2 atom stereocenters. The number of carboxylic acid groups (broad SMARTS) is 2. The Bertz CT molecular complexity index is 220. The van der Waals surface area contributed by atoms with Gasteiger partial charge in [-0.25, -0.2) is 0 Å². The standard InChI is InChI=1S/C9H14O4/c1-9(2)3-5(7(10)11)6(4-9)8(12)13/h5-6H,3-4H2,1-2H3,(H,10,11)(H,12,13)/t5-,6+. The fourth-order valence-electron chi connectivity index (χ4n) is 2.08. The van der Waals surface area contributed by atoms with Crippen molar-refractivity contribution in [2.75, 3.05) is 0 Å². The zero-order valence-electron chi connectivity index (χ0n) is 7.78. The molecule has 0 spiro atoms. The molecule has 13 heavy (non-hydrogen) atoms. The molecule has 2 N–H and O–H groups in total. The van der Waals surface area contributed by atoms with Crippen molar-refractivity contribution in [3.05, 3.63) is 0 Å². The number of carboxylic acids is 2. The topological polar surface area (TPSA) is 74.6 Å². The molecule has 0 amide bonds. The van der Waals surface area contributed by atoms with Gasteiger partial charge in [0.15, 0.2) is 0 Å². The van der Waals surface area contributed by atoms with Crippen LogP contribution in [0.15, 0.2) is 0 Å². The Kier molecular flexibility index (Phi) is 2.32. The molecule has 0 aromatic rings. The first-order chi connectivity index (χ1) is 5.83. The summed E-state index contributed by atoms with van der Waals surface area (Å²) in [5.41, 5.74) is -0.161. The Balaban J connectivity index is 2.83. The second kappa shape index (κ2) is 3.01. The lowest BCUT2D eigenvalue weighted by atomic mass is 9.90. The van der Waals surface area contributed by atoms with Gasteiger partial charge in [0.05, 0.1) is 11.8 Å². The summed E-state index contributed by atoms with van der Waals surface area (Å²) in [4.78, 5) is 21.5. The van der Waals surface area contributed by atoms with E-state index in [9.17, 15) is 9.59 Å². The monoisotopic (exact) mass is 186 g/mol. The van der Waals surface area contributed by atoms with Crippen LogP contribution in [-0.4, -0.2) is 22.2 Å². The summed E-state index contributed by atoms with van der Waals surface area (Å²) in [5.74, 6) is -3.41. The minimum atomic E-state index is -0.988. The van der Waals surface area contributed by atoms with E-state index in [1.807, 2.05) is 13.8 Å². The predicted octanol–water partition coefficient (Wildman–Crippen LogP) is 1.21. The molecule has 0 bridgehead atoms. The summed E-state index contributed by atoms with van der Waals surface area (Å²) in [6.45, 7) is 3.82. The molecule has 1 saturated carbocycles. The third kappa shape index (κ3) is 1.99. The van der Waals surface area contributed by atoms with Crippen LogP contribution in [0.3, 0.4) is 0 Å². The van der Waals surface area contributed by atoms with Crippen LogP contribution in [0.25, 0.3) is 0 Å². The maximum absolute atomic E-state index is 10.7. The molecular weight excluding hydrogens is 172 g/mol. The quantitative estimate of drug-likeness (QED) is 0.679. The number of carbonyl (C=O) groups is 2. The van der Waals surface area contributed by atoms with E-state index < -0.39 is 23.8 Å². The van der Waals surface area contributed by atoms with Gasteiger partial charge >= 0.3 is 11.9 Å². The number of hydrogen-bond donors (Lipinski definition) is 2. The third-order valence-electron chi connectivity index (χ3n) is 2.67. The average molecular weight is 186 g/mol. The lowest BCUT2D eigenvalue weighted by molar-refractivity contribution is -0.152. The van der Waals surface area contributed by atoms with Crippen molar-refractivity contribution in [3.63, 3.8) is 0 Å². The molecule has 74 valence electrons. The van der Waals surface area contributed by atoms with Crippen LogP contribution in [0, 0.1) is 17.3 Å². The molecule has 0 heterocycles. The van der Waals surface area contributed by atoms with E-state index in [1.54, 1.807) is 0 Å². The summed E-state index contributed by atoms with van der Waals surface area (Å²) >= 11 is 0. The van der Waals surface area contributed by atoms with Gasteiger partial charge in [-0.05, 0) is 18.3 Å². The lowest BCUT2D eigenvalue weighted by Gasteiger charge is -2.15. The maximum atomic E-state index is 10.7. The Hall–Kier alpha value is -1.06. The van der Waals surface area contributed by atoms with Crippen LogP contribution in [0.5, 0.6) is 0 Å². The first kappa shape index (κ1) is 10.0. The van der Waals surface area contributed by atoms with Gasteiger partial charge in [-0.3, -0.25) is 9.59 Å². The van der Waals surface area contributed by atoms with Crippen molar-refractivity contribution < 1.29 is 19.8 Å². The van der Waals surface area contributed by atoms with E-state index in [0.29, 0.717) is 12.8 Å². The number of rotatable bonds is 2. The van der Waals surface area contributed by atoms with Crippen LogP contribution < -0.4 is 0 Å². The van der Waals surface area contributed by atoms with E-state index in [1.165, 1.54) is 0 Å². The largest absolute Gasteiger partial charge is 0.481 e. The van der Waals surface area contributed by atoms with Crippen LogP contribution in [0.2, 0.25) is 0 Å². The van der Waals surface area contributed by atoms with Gasteiger partial charge in [-0.2, -0.15) is 0 Å². The van der Waals surface area contributed by atoms with Gasteiger partial charge in [0.1, 0.15) is 0 Å². The van der Waals surface area contributed by atoms with Crippen molar-refractivity contribution in [2.45, 2.75) is 26.7 Å². The van der Waals surface area contributed by atoms with Crippen LogP contribution in [0.4, 0.5) is 0 Å². The minimum absolute atomic E-state index is 0.161.